The van der Waals surface area contributed by atoms with Crippen LogP contribution in [-0.2, 0) is 60.0 Å². The molecular formula is C59H87GdN13O16S2. The summed E-state index contributed by atoms with van der Waals surface area (Å²) in [7, 11) is -6.17. The Morgan fingerprint density at radius 3 is 1.68 bits per heavy atom. The van der Waals surface area contributed by atoms with E-state index in [-0.39, 0.29) is 99.6 Å². The number of imidazole rings is 1. The molecule has 1 unspecified atom stereocenters. The van der Waals surface area contributed by atoms with Gasteiger partial charge in [0.2, 0.25) is 20.0 Å². The number of aryl methyl sites for hydroxylation is 1. The van der Waals surface area contributed by atoms with Crippen molar-refractivity contribution in [2.75, 3.05) is 163 Å². The minimum Gasteiger partial charge on any atom is -0.512 e. The van der Waals surface area contributed by atoms with Crippen LogP contribution in [-0.4, -0.2) is 270 Å². The van der Waals surface area contributed by atoms with Gasteiger partial charge in [-0.3, -0.25) is 48.3 Å². The van der Waals surface area contributed by atoms with Gasteiger partial charge in [-0.25, -0.2) is 26.5 Å². The Morgan fingerprint density at radius 2 is 1.19 bits per heavy atom. The van der Waals surface area contributed by atoms with Gasteiger partial charge in [0, 0.05) is 155 Å². The monoisotopic (exact) mass is 1460 g/mol. The van der Waals surface area contributed by atoms with Gasteiger partial charge in [-0.2, -0.15) is 9.82 Å². The number of carbonyl (C=O) groups is 5. The molecule has 1 aliphatic rings. The van der Waals surface area contributed by atoms with Gasteiger partial charge in [-0.1, -0.05) is 30.8 Å². The molecule has 32 heteroatoms. The maximum absolute atomic E-state index is 13.4. The number of carboxylic acids is 2. The predicted molar refractivity (Wildman–Crippen MR) is 336 cm³/mol. The first-order chi connectivity index (χ1) is 43.2. The maximum atomic E-state index is 13.4. The summed E-state index contributed by atoms with van der Waals surface area (Å²) in [6, 6.07) is 15.5. The predicted octanol–water partition coefficient (Wildman–Crippen LogP) is 0.932. The van der Waals surface area contributed by atoms with E-state index in [0.29, 0.717) is 129 Å². The number of nitrogens with one attached hydrogen (secondary N) is 6. The van der Waals surface area contributed by atoms with E-state index in [1.807, 2.05) is 21.5 Å². The first-order valence-electron chi connectivity index (χ1n) is 29.6. The topological polar surface area (TPSA) is 382 Å². The fraction of sp³-hybridized carbons (Fsp3) is 0.508. The largest absolute Gasteiger partial charge is 0.512 e. The number of aromatic nitrogens is 4. The molecule has 0 aliphatic carbocycles. The van der Waals surface area contributed by atoms with Crippen LogP contribution in [0.25, 0.3) is 22.0 Å². The van der Waals surface area contributed by atoms with Crippen molar-refractivity contribution in [3.05, 3.63) is 103 Å². The van der Waals surface area contributed by atoms with Gasteiger partial charge < -0.3 is 55.6 Å². The summed E-state index contributed by atoms with van der Waals surface area (Å²) in [6.45, 7) is 13.1. The standard InChI is InChI=1S/C41H55N9O10S2.C18H32N4O6.Gd/c1-42-15-3-21-58-23-25-60-26-24-59-22-4-17-48-61(54,55)35-10-5-31(6-11-35)32-7-12-36(13-8-32)62(56,57)49-37(39(52)30-51)29-46-40(53)33-9-14-38-34(27-33)28-47-50(38)20-2-16-43-41-44-18-19-45-41;1-15(23)11-19-3-7-21(13-17(25)26)9-5-20(12-16(2)24)6-10-22(8-4-19)14-18(27)28;/h5-14,18-19,27-28,37,42,48-49,51H,2-4,15-17,20-26,29-30H2,1H3,(H,46,53)(H2,43,44,45);23H,1,3-14H2,2H3,(H,25,26)(H,27,28);. The fourth-order valence-corrected chi connectivity index (χ4v) is 11.6. The molecule has 91 heavy (non-hydrogen) atoms. The number of aromatic amines is 1. The second-order valence-electron chi connectivity index (χ2n) is 21.1. The number of hydrogen-bond acceptors (Lipinski definition) is 22. The molecule has 0 saturated carbocycles. The molecule has 1 aliphatic heterocycles. The van der Waals surface area contributed by atoms with Crippen LogP contribution in [0.4, 0.5) is 5.95 Å². The summed E-state index contributed by atoms with van der Waals surface area (Å²) in [5, 5.41) is 51.4. The first kappa shape index (κ1) is 77.7. The Labute approximate surface area is 563 Å². The summed E-state index contributed by atoms with van der Waals surface area (Å²) >= 11 is 0. The number of ether oxygens (including phenoxy) is 3. The summed E-state index contributed by atoms with van der Waals surface area (Å²) in [4.78, 5) is 74.1. The van der Waals surface area contributed by atoms with Crippen molar-refractivity contribution in [2.45, 2.75) is 48.6 Å². The maximum Gasteiger partial charge on any atom is 0.317 e. The molecule has 0 bridgehead atoms. The number of aliphatic hydroxyl groups excluding tert-OH is 2. The average Bonchev–Trinajstić information content (AvgIpc) is 1.87. The van der Waals surface area contributed by atoms with E-state index in [9.17, 15) is 51.0 Å². The van der Waals surface area contributed by atoms with Crippen LogP contribution in [0.15, 0.2) is 107 Å². The van der Waals surface area contributed by atoms with Crippen molar-refractivity contribution in [3.8, 4) is 11.1 Å². The number of benzene rings is 3. The number of hydrogen-bond donors (Lipinski definition) is 10. The van der Waals surface area contributed by atoms with Gasteiger partial charge in [0.15, 0.2) is 11.7 Å². The normalized spacial score (nSPS) is 14.5. The number of Topliss-reactive ketones (excluding diaryl/α,β-unsaturated/α-hetero) is 2. The molecule has 5 aromatic rings. The number of sulfonamides is 2. The molecule has 1 amide bonds. The third-order valence-corrected chi connectivity index (χ3v) is 16.9. The van der Waals surface area contributed by atoms with Crippen LogP contribution in [0.3, 0.4) is 0 Å². The van der Waals surface area contributed by atoms with Crippen molar-refractivity contribution in [1.82, 2.24) is 59.4 Å². The van der Waals surface area contributed by atoms with Gasteiger partial charge in [0.05, 0.1) is 79.9 Å². The van der Waals surface area contributed by atoms with Crippen LogP contribution in [0.5, 0.6) is 0 Å². The third-order valence-electron chi connectivity index (χ3n) is 13.9. The van der Waals surface area contributed by atoms with E-state index in [0.717, 1.165) is 30.3 Å². The van der Waals surface area contributed by atoms with Crippen molar-refractivity contribution >= 4 is 66.3 Å². The number of carbonyl (C=O) groups excluding carboxylic acids is 3. The Morgan fingerprint density at radius 1 is 0.670 bits per heavy atom. The van der Waals surface area contributed by atoms with Gasteiger partial charge in [-0.15, -0.1) is 0 Å². The number of rotatable bonds is 38. The number of ketones is 2. The molecule has 2 aromatic heterocycles. The number of nitrogens with zero attached hydrogens (tertiary/aromatic N) is 7. The summed E-state index contributed by atoms with van der Waals surface area (Å²) in [5.74, 6) is -2.53. The average molecular weight is 1460 g/mol. The summed E-state index contributed by atoms with van der Waals surface area (Å²) in [6.07, 6.45) is 7.22. The molecule has 10 N–H and O–H groups in total. The number of aliphatic carboxylic acids is 2. The number of carboxylic acid groups (broad SMARTS) is 2. The molecular weight excluding hydrogens is 1370 g/mol. The second kappa shape index (κ2) is 41.7. The SMILES string of the molecule is C=C(O)CN1CCN(CC(=O)O)CCN(CC(C)=O)CCN(CC(=O)O)CC1.CNCCCOCCOCCOCCCNS(=O)(=O)c1ccc(-c2ccc(S(=O)(=O)NC(CNC(=O)c3ccc4c(cnn4CCCNc4ncc[nH]4)c3)C(=O)CO)cc2)cc1.[Gd]. The molecule has 6 rings (SSSR count). The molecule has 29 nitrogen and oxygen atoms in total. The van der Waals surface area contributed by atoms with Crippen LogP contribution < -0.4 is 25.4 Å². The Bertz CT molecular complexity index is 3140. The number of aliphatic hydroxyl groups is 2. The Balaban J connectivity index is 0.000000511. The molecule has 3 heterocycles. The summed E-state index contributed by atoms with van der Waals surface area (Å²) in [5.41, 5.74) is 2.35. The molecule has 3 aromatic carbocycles. The number of H-pyrrole nitrogens is 1. The van der Waals surface area contributed by atoms with Gasteiger partial charge in [0.25, 0.3) is 5.91 Å². The zero-order chi connectivity index (χ0) is 65.3. The summed E-state index contributed by atoms with van der Waals surface area (Å²) < 4.78 is 75.5. The van der Waals surface area contributed by atoms with Crippen LogP contribution in [0, 0.1) is 39.9 Å². The van der Waals surface area contributed by atoms with Gasteiger partial charge in [0.1, 0.15) is 18.4 Å². The van der Waals surface area contributed by atoms with Crippen molar-refractivity contribution in [1.29, 1.82) is 0 Å². The zero-order valence-electron chi connectivity index (χ0n) is 51.4. The van der Waals surface area contributed by atoms with E-state index in [1.54, 1.807) is 70.9 Å². The number of anilines is 1. The number of fused-ring (bicyclic) bond motifs is 1. The fourth-order valence-electron chi connectivity index (χ4n) is 9.26. The van der Waals surface area contributed by atoms with Crippen LogP contribution >= 0.6 is 0 Å². The van der Waals surface area contributed by atoms with Crippen LogP contribution in [0.2, 0.25) is 0 Å². The third kappa shape index (κ3) is 29.4. The molecule has 1 atom stereocenters. The molecule has 0 spiro atoms. The van der Waals surface area contributed by atoms with E-state index >= 15 is 0 Å². The Hall–Kier alpha value is -5.79. The van der Waals surface area contributed by atoms with Crippen LogP contribution in [0.1, 0.15) is 36.5 Å². The molecule has 1 fully saturated rings. The van der Waals surface area contributed by atoms with Crippen molar-refractivity contribution in [2.24, 2.45) is 0 Å². The van der Waals surface area contributed by atoms with Gasteiger partial charge >= 0.3 is 11.9 Å². The van der Waals surface area contributed by atoms with E-state index < -0.39 is 62.9 Å². The minimum atomic E-state index is -4.29. The Kier molecular flexibility index (Phi) is 35.6. The smallest absolute Gasteiger partial charge is 0.317 e. The zero-order valence-corrected chi connectivity index (χ0v) is 55.3. The molecule has 1 saturated heterocycles. The van der Waals surface area contributed by atoms with E-state index in [2.05, 4.69) is 47.0 Å². The minimum absolute atomic E-state index is 0. The number of amides is 1. The first-order valence-corrected chi connectivity index (χ1v) is 32.5. The van der Waals surface area contributed by atoms with Gasteiger partial charge in [-0.05, 0) is 93.4 Å². The molecule has 0 radical (unpaired) electrons. The second-order valence-corrected chi connectivity index (χ2v) is 24.6. The van der Waals surface area contributed by atoms with E-state index in [1.165, 1.54) is 31.2 Å². The van der Waals surface area contributed by atoms with Crippen molar-refractivity contribution < 1.29 is 115 Å². The van der Waals surface area contributed by atoms with Crippen molar-refractivity contribution in [3.63, 3.8) is 0 Å². The quantitative estimate of drug-likeness (QED) is 0.0194. The van der Waals surface area contributed by atoms with E-state index in [4.69, 9.17) is 24.4 Å². The molecule has 504 valence electrons.